The maximum absolute atomic E-state index is 12.6. The zero-order valence-corrected chi connectivity index (χ0v) is 25.9. The predicted molar refractivity (Wildman–Crippen MR) is 171 cm³/mol. The molecule has 0 aliphatic heterocycles. The number of fused-ring (bicyclic) bond motifs is 1. The van der Waals surface area contributed by atoms with Gasteiger partial charge in [-0.1, -0.05) is 75.2 Å². The summed E-state index contributed by atoms with van der Waals surface area (Å²) in [7, 11) is 0. The lowest BCUT2D eigenvalue weighted by molar-refractivity contribution is -0.156. The Morgan fingerprint density at radius 2 is 1.71 bits per heavy atom. The molecule has 3 aromatic carbocycles. The topological polar surface area (TPSA) is 53.4 Å². The van der Waals surface area contributed by atoms with Crippen molar-refractivity contribution in [3.63, 3.8) is 0 Å². The fraction of sp³-hybridized carbons (Fsp3) is 0.459. The second-order valence-electron chi connectivity index (χ2n) is 12.5. The lowest BCUT2D eigenvalue weighted by atomic mass is 9.75. The van der Waals surface area contributed by atoms with E-state index in [1.165, 1.54) is 18.4 Å². The maximum atomic E-state index is 12.6. The summed E-state index contributed by atoms with van der Waals surface area (Å²) in [6.07, 6.45) is 6.63. The van der Waals surface area contributed by atoms with Crippen LogP contribution in [0.1, 0.15) is 76.8 Å². The van der Waals surface area contributed by atoms with Crippen molar-refractivity contribution in [2.75, 3.05) is 6.61 Å². The van der Waals surface area contributed by atoms with Crippen LogP contribution < -0.4 is 4.74 Å². The van der Waals surface area contributed by atoms with E-state index in [1.54, 1.807) is 0 Å². The Hall–Kier alpha value is -3.60. The second-order valence-corrected chi connectivity index (χ2v) is 12.5. The highest BCUT2D eigenvalue weighted by atomic mass is 16.5. The van der Waals surface area contributed by atoms with E-state index in [4.69, 9.17) is 14.5 Å². The van der Waals surface area contributed by atoms with Crippen molar-refractivity contribution < 1.29 is 14.3 Å². The fourth-order valence-electron chi connectivity index (χ4n) is 6.40. The molecule has 0 bridgehead atoms. The smallest absolute Gasteiger partial charge is 0.306 e. The summed E-state index contributed by atoms with van der Waals surface area (Å²) in [6.45, 7) is 11.6. The highest BCUT2D eigenvalue weighted by Crippen LogP contribution is 2.36. The highest BCUT2D eigenvalue weighted by Gasteiger charge is 2.33. The summed E-state index contributed by atoms with van der Waals surface area (Å²) in [4.78, 5) is 17.7. The minimum Gasteiger partial charge on any atom is -0.493 e. The van der Waals surface area contributed by atoms with Crippen LogP contribution >= 0.6 is 0 Å². The first kappa shape index (κ1) is 29.9. The average Bonchev–Trinajstić information content (AvgIpc) is 3.37. The van der Waals surface area contributed by atoms with E-state index in [9.17, 15) is 4.79 Å². The monoisotopic (exact) mass is 566 g/mol. The molecule has 0 N–H and O–H groups in total. The molecule has 5 nitrogen and oxygen atoms in total. The predicted octanol–water partition coefficient (Wildman–Crippen LogP) is 9.25. The van der Waals surface area contributed by atoms with Crippen LogP contribution in [0.4, 0.5) is 0 Å². The maximum Gasteiger partial charge on any atom is 0.306 e. The van der Waals surface area contributed by atoms with Gasteiger partial charge in [0.05, 0.1) is 17.6 Å². The molecule has 5 heteroatoms. The molecule has 1 aliphatic rings. The Morgan fingerprint density at radius 1 is 0.952 bits per heavy atom. The van der Waals surface area contributed by atoms with Crippen LogP contribution in [0.2, 0.25) is 0 Å². The summed E-state index contributed by atoms with van der Waals surface area (Å²) in [5.74, 6) is 3.43. The van der Waals surface area contributed by atoms with E-state index >= 15 is 0 Å². The highest BCUT2D eigenvalue weighted by molar-refractivity contribution is 5.87. The van der Waals surface area contributed by atoms with Crippen molar-refractivity contribution in [1.82, 2.24) is 9.55 Å². The Labute approximate surface area is 251 Å². The van der Waals surface area contributed by atoms with Gasteiger partial charge in [-0.15, -0.1) is 0 Å². The number of carbonyl (C=O) groups is 1. The second kappa shape index (κ2) is 13.6. The zero-order chi connectivity index (χ0) is 29.6. The SMILES string of the molecule is Cc1ccc(-n2c(-c3ccccc3)nc3ccc(OCCCCCC(=O)OC4CC(C)CCC4C(C)C)c(C)c32)cc1. The van der Waals surface area contributed by atoms with E-state index in [-0.39, 0.29) is 12.1 Å². The third-order valence-electron chi connectivity index (χ3n) is 8.87. The minimum atomic E-state index is -0.0412. The van der Waals surface area contributed by atoms with Crippen LogP contribution in [0.3, 0.4) is 0 Å². The van der Waals surface area contributed by atoms with Gasteiger partial charge in [0.2, 0.25) is 0 Å². The van der Waals surface area contributed by atoms with Gasteiger partial charge in [-0.25, -0.2) is 4.98 Å². The van der Waals surface area contributed by atoms with Crippen LogP contribution in [0.15, 0.2) is 66.7 Å². The number of nitrogens with zero attached hydrogens (tertiary/aromatic N) is 2. The first-order valence-electron chi connectivity index (χ1n) is 15.8. The summed E-state index contributed by atoms with van der Waals surface area (Å²) >= 11 is 0. The first-order valence-corrected chi connectivity index (χ1v) is 15.8. The third-order valence-corrected chi connectivity index (χ3v) is 8.87. The van der Waals surface area contributed by atoms with E-state index in [0.29, 0.717) is 30.8 Å². The molecular weight excluding hydrogens is 520 g/mol. The molecule has 3 unspecified atom stereocenters. The Bertz CT molecular complexity index is 1470. The number of carbonyl (C=O) groups excluding carboxylic acids is 1. The molecule has 1 heterocycles. The molecule has 0 radical (unpaired) electrons. The molecule has 222 valence electrons. The molecule has 4 aromatic rings. The number of imidazole rings is 1. The van der Waals surface area contributed by atoms with Crippen LogP contribution in [0.25, 0.3) is 28.1 Å². The van der Waals surface area contributed by atoms with Crippen LogP contribution in [0, 0.1) is 31.6 Å². The largest absolute Gasteiger partial charge is 0.493 e. The molecule has 0 saturated heterocycles. The lowest BCUT2D eigenvalue weighted by Crippen LogP contribution is -2.35. The van der Waals surface area contributed by atoms with Crippen molar-refractivity contribution >= 4 is 17.0 Å². The van der Waals surface area contributed by atoms with Gasteiger partial charge >= 0.3 is 5.97 Å². The van der Waals surface area contributed by atoms with Crippen molar-refractivity contribution in [1.29, 1.82) is 0 Å². The molecule has 1 saturated carbocycles. The van der Waals surface area contributed by atoms with Crippen molar-refractivity contribution in [3.8, 4) is 22.8 Å². The molecule has 0 spiro atoms. The Morgan fingerprint density at radius 3 is 2.45 bits per heavy atom. The number of unbranched alkanes of at least 4 members (excludes halogenated alkanes) is 2. The zero-order valence-electron chi connectivity index (χ0n) is 25.9. The Balaban J connectivity index is 1.21. The van der Waals surface area contributed by atoms with Gasteiger partial charge in [0.1, 0.15) is 17.7 Å². The van der Waals surface area contributed by atoms with E-state index in [0.717, 1.165) is 65.1 Å². The van der Waals surface area contributed by atoms with Gasteiger partial charge in [-0.2, -0.15) is 0 Å². The number of aryl methyl sites for hydroxylation is 2. The molecule has 1 fully saturated rings. The Kier molecular flexibility index (Phi) is 9.66. The average molecular weight is 567 g/mol. The fourth-order valence-corrected chi connectivity index (χ4v) is 6.40. The van der Waals surface area contributed by atoms with Crippen molar-refractivity contribution in [2.45, 2.75) is 85.7 Å². The summed E-state index contributed by atoms with van der Waals surface area (Å²) < 4.78 is 14.5. The lowest BCUT2D eigenvalue weighted by Gasteiger charge is -2.36. The summed E-state index contributed by atoms with van der Waals surface area (Å²) in [5, 5.41) is 0. The molecule has 5 rings (SSSR count). The number of esters is 1. The van der Waals surface area contributed by atoms with Gasteiger partial charge in [0, 0.05) is 23.2 Å². The van der Waals surface area contributed by atoms with E-state index < -0.39 is 0 Å². The van der Waals surface area contributed by atoms with E-state index in [1.807, 2.05) is 24.3 Å². The van der Waals surface area contributed by atoms with Gasteiger partial charge in [-0.3, -0.25) is 9.36 Å². The first-order chi connectivity index (χ1) is 20.3. The van der Waals surface area contributed by atoms with Crippen molar-refractivity contribution in [2.24, 2.45) is 17.8 Å². The standard InChI is InChI=1S/C37H46N2O3/c1-25(2)31-20-17-27(4)24-34(31)42-35(40)14-10-7-11-23-41-33-22-21-32-36(28(33)5)39(30-18-15-26(3)16-19-30)37(38-32)29-12-8-6-9-13-29/h6,8-9,12-13,15-16,18-19,21-22,25,27,31,34H,7,10-11,14,17,20,23-24H2,1-5H3. The number of ether oxygens (including phenoxy) is 2. The molecule has 1 aliphatic carbocycles. The number of benzene rings is 3. The molecule has 3 atom stereocenters. The van der Waals surface area contributed by atoms with Crippen LogP contribution in [0.5, 0.6) is 5.75 Å². The normalized spacial score (nSPS) is 18.9. The number of hydrogen-bond donors (Lipinski definition) is 0. The third kappa shape index (κ3) is 6.88. The van der Waals surface area contributed by atoms with Gasteiger partial charge in [-0.05, 0) is 88.0 Å². The molecular formula is C37H46N2O3. The quantitative estimate of drug-likeness (QED) is 0.134. The molecule has 0 amide bonds. The van der Waals surface area contributed by atoms with Crippen LogP contribution in [-0.2, 0) is 9.53 Å². The van der Waals surface area contributed by atoms with Gasteiger partial charge < -0.3 is 9.47 Å². The van der Waals surface area contributed by atoms with E-state index in [2.05, 4.69) is 81.7 Å². The van der Waals surface area contributed by atoms with Gasteiger partial charge in [0.15, 0.2) is 0 Å². The van der Waals surface area contributed by atoms with Crippen LogP contribution in [-0.4, -0.2) is 28.2 Å². The summed E-state index contributed by atoms with van der Waals surface area (Å²) in [6, 6.07) is 23.0. The number of rotatable bonds is 11. The number of hydrogen-bond acceptors (Lipinski definition) is 4. The van der Waals surface area contributed by atoms with Crippen molar-refractivity contribution in [3.05, 3.63) is 77.9 Å². The number of aromatic nitrogens is 2. The van der Waals surface area contributed by atoms with Gasteiger partial charge in [0.25, 0.3) is 0 Å². The molecule has 1 aromatic heterocycles. The minimum absolute atomic E-state index is 0.0412. The summed E-state index contributed by atoms with van der Waals surface area (Å²) in [5.41, 5.74) is 6.47. The molecule has 42 heavy (non-hydrogen) atoms.